The highest BCUT2D eigenvalue weighted by molar-refractivity contribution is 5.58. The van der Waals surface area contributed by atoms with Crippen molar-refractivity contribution in [3.05, 3.63) is 24.3 Å². The molecule has 0 bridgehead atoms. The Kier molecular flexibility index (Phi) is 5.48. The molecule has 0 spiro atoms. The third kappa shape index (κ3) is 3.85. The van der Waals surface area contributed by atoms with E-state index in [2.05, 4.69) is 28.0 Å². The van der Waals surface area contributed by atoms with Crippen LogP contribution < -0.4 is 15.4 Å². The Bertz CT molecular complexity index is 375. The molecule has 1 saturated heterocycles. The highest BCUT2D eigenvalue weighted by atomic mass is 16.5. The van der Waals surface area contributed by atoms with Crippen LogP contribution in [0.15, 0.2) is 24.3 Å². The number of nitrogens with zero attached hydrogens (tertiary/aromatic N) is 2. The summed E-state index contributed by atoms with van der Waals surface area (Å²) in [6.07, 6.45) is 1.09. The third-order valence-electron chi connectivity index (χ3n) is 3.56. The fraction of sp³-hybridized carbons (Fsp3) is 0.600. The van der Waals surface area contributed by atoms with E-state index in [9.17, 15) is 0 Å². The van der Waals surface area contributed by atoms with Crippen molar-refractivity contribution < 1.29 is 4.74 Å². The van der Waals surface area contributed by atoms with Gasteiger partial charge in [0.1, 0.15) is 5.75 Å². The van der Waals surface area contributed by atoms with Crippen LogP contribution in [-0.4, -0.2) is 50.8 Å². The van der Waals surface area contributed by atoms with Gasteiger partial charge >= 0.3 is 0 Å². The number of anilines is 1. The quantitative estimate of drug-likeness (QED) is 0.845. The molecule has 0 aromatic heterocycles. The summed E-state index contributed by atoms with van der Waals surface area (Å²) in [5.41, 5.74) is 6.79. The molecule has 4 nitrogen and oxygen atoms in total. The molecule has 2 rings (SSSR count). The summed E-state index contributed by atoms with van der Waals surface area (Å²) in [6, 6.07) is 8.32. The first-order chi connectivity index (χ1) is 9.35. The lowest BCUT2D eigenvalue weighted by molar-refractivity contribution is 0.255. The predicted octanol–water partition coefficient (Wildman–Crippen LogP) is 1.56. The number of rotatable bonds is 6. The molecule has 1 aromatic carbocycles. The minimum Gasteiger partial charge on any atom is -0.492 e. The molecule has 0 unspecified atom stereocenters. The molecule has 0 aliphatic carbocycles. The zero-order valence-corrected chi connectivity index (χ0v) is 11.8. The van der Waals surface area contributed by atoms with Gasteiger partial charge in [0, 0.05) is 26.2 Å². The first kappa shape index (κ1) is 14.2. The van der Waals surface area contributed by atoms with E-state index >= 15 is 0 Å². The van der Waals surface area contributed by atoms with E-state index in [4.69, 9.17) is 10.5 Å². The number of piperazine rings is 1. The van der Waals surface area contributed by atoms with Gasteiger partial charge in [-0.25, -0.2) is 0 Å². The Morgan fingerprint density at radius 2 is 1.89 bits per heavy atom. The minimum atomic E-state index is 0.716. The van der Waals surface area contributed by atoms with Crippen molar-refractivity contribution in [2.45, 2.75) is 13.3 Å². The molecule has 0 amide bonds. The largest absolute Gasteiger partial charge is 0.492 e. The van der Waals surface area contributed by atoms with E-state index in [1.54, 1.807) is 0 Å². The molecule has 1 fully saturated rings. The summed E-state index contributed by atoms with van der Waals surface area (Å²) >= 11 is 0. The Hall–Kier alpha value is -1.26. The molecular weight excluding hydrogens is 238 g/mol. The first-order valence-corrected chi connectivity index (χ1v) is 7.24. The molecule has 1 aliphatic rings. The molecule has 0 saturated carbocycles. The van der Waals surface area contributed by atoms with Crippen molar-refractivity contribution >= 4 is 5.69 Å². The number of hydrogen-bond acceptors (Lipinski definition) is 4. The van der Waals surface area contributed by atoms with E-state index in [0.29, 0.717) is 6.61 Å². The molecular formula is C15H25N3O. The van der Waals surface area contributed by atoms with Gasteiger partial charge in [0.2, 0.25) is 0 Å². The lowest BCUT2D eigenvalue weighted by atomic mass is 10.2. The second-order valence-electron chi connectivity index (χ2n) is 4.87. The van der Waals surface area contributed by atoms with Crippen molar-refractivity contribution in [1.82, 2.24) is 4.90 Å². The third-order valence-corrected chi connectivity index (χ3v) is 3.56. The lowest BCUT2D eigenvalue weighted by Gasteiger charge is -2.36. The smallest absolute Gasteiger partial charge is 0.142 e. The Balaban J connectivity index is 1.93. The highest BCUT2D eigenvalue weighted by Crippen LogP contribution is 2.28. The normalized spacial score (nSPS) is 16.6. The molecule has 1 heterocycles. The summed E-state index contributed by atoms with van der Waals surface area (Å²) < 4.78 is 5.71. The van der Waals surface area contributed by atoms with Gasteiger partial charge in [-0.05, 0) is 38.6 Å². The van der Waals surface area contributed by atoms with E-state index in [0.717, 1.165) is 51.4 Å². The van der Waals surface area contributed by atoms with Crippen LogP contribution in [0.4, 0.5) is 5.69 Å². The van der Waals surface area contributed by atoms with Crippen LogP contribution >= 0.6 is 0 Å². The zero-order valence-electron chi connectivity index (χ0n) is 11.8. The number of para-hydroxylation sites is 2. The molecule has 2 N–H and O–H groups in total. The van der Waals surface area contributed by atoms with Gasteiger partial charge in [-0.1, -0.05) is 12.1 Å². The van der Waals surface area contributed by atoms with Crippen LogP contribution in [-0.2, 0) is 0 Å². The van der Waals surface area contributed by atoms with Crippen LogP contribution in [0.1, 0.15) is 13.3 Å². The predicted molar refractivity (Wildman–Crippen MR) is 79.9 cm³/mol. The van der Waals surface area contributed by atoms with E-state index in [-0.39, 0.29) is 0 Å². The first-order valence-electron chi connectivity index (χ1n) is 7.24. The van der Waals surface area contributed by atoms with Gasteiger partial charge in [-0.2, -0.15) is 0 Å². The second kappa shape index (κ2) is 7.36. The lowest BCUT2D eigenvalue weighted by Crippen LogP contribution is -2.47. The molecule has 1 aliphatic heterocycles. The Labute approximate surface area is 116 Å². The maximum absolute atomic E-state index is 5.71. The molecule has 106 valence electrons. The van der Waals surface area contributed by atoms with Gasteiger partial charge < -0.3 is 15.4 Å². The number of ether oxygens (including phenoxy) is 1. The van der Waals surface area contributed by atoms with Gasteiger partial charge in [-0.15, -0.1) is 0 Å². The van der Waals surface area contributed by atoms with Crippen molar-refractivity contribution in [2.75, 3.05) is 50.8 Å². The van der Waals surface area contributed by atoms with Crippen molar-refractivity contribution in [3.63, 3.8) is 0 Å². The van der Waals surface area contributed by atoms with Crippen molar-refractivity contribution in [1.29, 1.82) is 0 Å². The summed E-state index contributed by atoms with van der Waals surface area (Å²) in [4.78, 5) is 4.91. The van der Waals surface area contributed by atoms with Crippen LogP contribution in [0.2, 0.25) is 0 Å². The van der Waals surface area contributed by atoms with E-state index in [1.165, 1.54) is 5.69 Å². The van der Waals surface area contributed by atoms with Gasteiger partial charge in [-0.3, -0.25) is 4.90 Å². The summed E-state index contributed by atoms with van der Waals surface area (Å²) in [5, 5.41) is 0. The monoisotopic (exact) mass is 263 g/mol. The summed E-state index contributed by atoms with van der Waals surface area (Å²) in [6.45, 7) is 9.00. The Morgan fingerprint density at radius 1 is 1.16 bits per heavy atom. The molecule has 19 heavy (non-hydrogen) atoms. The van der Waals surface area contributed by atoms with E-state index < -0.39 is 0 Å². The SMILES string of the molecule is CCOc1ccccc1N1CCN(CCCN)CC1. The van der Waals surface area contributed by atoms with Crippen LogP contribution in [0.3, 0.4) is 0 Å². The average molecular weight is 263 g/mol. The van der Waals surface area contributed by atoms with Crippen LogP contribution in [0, 0.1) is 0 Å². The van der Waals surface area contributed by atoms with Gasteiger partial charge in [0.25, 0.3) is 0 Å². The molecule has 0 atom stereocenters. The maximum Gasteiger partial charge on any atom is 0.142 e. The fourth-order valence-corrected chi connectivity index (χ4v) is 2.52. The maximum atomic E-state index is 5.71. The zero-order chi connectivity index (χ0) is 13.5. The second-order valence-corrected chi connectivity index (χ2v) is 4.87. The van der Waals surface area contributed by atoms with Crippen LogP contribution in [0.25, 0.3) is 0 Å². The van der Waals surface area contributed by atoms with E-state index in [1.807, 2.05) is 13.0 Å². The highest BCUT2D eigenvalue weighted by Gasteiger charge is 2.18. The standard InChI is InChI=1S/C15H25N3O/c1-2-19-15-7-4-3-6-14(15)18-12-10-17(11-13-18)9-5-8-16/h3-4,6-7H,2,5,8-13,16H2,1H3. The van der Waals surface area contributed by atoms with Crippen molar-refractivity contribution in [2.24, 2.45) is 5.73 Å². The number of nitrogens with two attached hydrogens (primary N) is 1. The molecule has 4 heteroatoms. The van der Waals surface area contributed by atoms with Gasteiger partial charge in [0.15, 0.2) is 0 Å². The summed E-state index contributed by atoms with van der Waals surface area (Å²) in [7, 11) is 0. The van der Waals surface area contributed by atoms with Gasteiger partial charge in [0.05, 0.1) is 12.3 Å². The Morgan fingerprint density at radius 3 is 2.58 bits per heavy atom. The minimum absolute atomic E-state index is 0.716. The molecule has 0 radical (unpaired) electrons. The fourth-order valence-electron chi connectivity index (χ4n) is 2.52. The average Bonchev–Trinajstić information content (AvgIpc) is 2.47. The van der Waals surface area contributed by atoms with Crippen molar-refractivity contribution in [3.8, 4) is 5.75 Å². The number of hydrogen-bond donors (Lipinski definition) is 1. The van der Waals surface area contributed by atoms with Crippen LogP contribution in [0.5, 0.6) is 5.75 Å². The molecule has 1 aromatic rings. The summed E-state index contributed by atoms with van der Waals surface area (Å²) in [5.74, 6) is 1.00. The number of benzene rings is 1. The topological polar surface area (TPSA) is 41.7 Å².